The Morgan fingerprint density at radius 3 is 0.929 bits per heavy atom. The summed E-state index contributed by atoms with van der Waals surface area (Å²) in [7, 11) is 0. The number of rotatable bonds is 15. The van der Waals surface area contributed by atoms with E-state index in [2.05, 4.69) is 30.9 Å². The van der Waals surface area contributed by atoms with Gasteiger partial charge >= 0.3 is 17.9 Å². The SMILES string of the molecule is O=C(O)C(Cc1ccccc1)Nc1nc(NC(Cc2ccccc2)C(=O)O)nc(NC(Cc2ccccc2)C(=O)O)n1. The van der Waals surface area contributed by atoms with Crippen LogP contribution in [0.3, 0.4) is 0 Å². The molecule has 0 saturated heterocycles. The Labute approximate surface area is 241 Å². The van der Waals surface area contributed by atoms with Gasteiger partial charge in [-0.05, 0) is 16.7 Å². The number of aliphatic carboxylic acids is 3. The molecule has 1 heterocycles. The van der Waals surface area contributed by atoms with E-state index in [0.717, 1.165) is 16.7 Å². The fourth-order valence-electron chi connectivity index (χ4n) is 4.19. The van der Waals surface area contributed by atoms with Gasteiger partial charge < -0.3 is 31.3 Å². The molecule has 4 aromatic rings. The maximum Gasteiger partial charge on any atom is 0.326 e. The number of aromatic nitrogens is 3. The summed E-state index contributed by atoms with van der Waals surface area (Å²) in [5.41, 5.74) is 2.27. The van der Waals surface area contributed by atoms with Crippen LogP contribution in [0.15, 0.2) is 91.0 Å². The first kappa shape index (κ1) is 29.5. The number of benzene rings is 3. The fourth-order valence-corrected chi connectivity index (χ4v) is 4.19. The molecule has 6 N–H and O–H groups in total. The van der Waals surface area contributed by atoms with Crippen molar-refractivity contribution in [2.45, 2.75) is 37.4 Å². The summed E-state index contributed by atoms with van der Waals surface area (Å²) >= 11 is 0. The number of nitrogens with one attached hydrogen (secondary N) is 3. The van der Waals surface area contributed by atoms with Gasteiger partial charge in [0.05, 0.1) is 0 Å². The van der Waals surface area contributed by atoms with E-state index < -0.39 is 36.0 Å². The van der Waals surface area contributed by atoms with Gasteiger partial charge in [-0.25, -0.2) is 14.4 Å². The van der Waals surface area contributed by atoms with Gasteiger partial charge in [0, 0.05) is 19.3 Å². The zero-order valence-corrected chi connectivity index (χ0v) is 22.4. The molecule has 3 aromatic carbocycles. The average Bonchev–Trinajstić information content (AvgIpc) is 2.97. The third-order valence-electron chi connectivity index (χ3n) is 6.29. The second kappa shape index (κ2) is 14.2. The monoisotopic (exact) mass is 570 g/mol. The number of nitrogens with zero attached hydrogens (tertiary/aromatic N) is 3. The number of carbonyl (C=O) groups is 3. The molecule has 216 valence electrons. The van der Waals surface area contributed by atoms with Crippen LogP contribution >= 0.6 is 0 Å². The zero-order chi connectivity index (χ0) is 29.9. The van der Waals surface area contributed by atoms with Crippen molar-refractivity contribution in [2.24, 2.45) is 0 Å². The molecule has 42 heavy (non-hydrogen) atoms. The molecule has 0 fully saturated rings. The molecule has 0 bridgehead atoms. The van der Waals surface area contributed by atoms with E-state index in [1.54, 1.807) is 72.8 Å². The van der Waals surface area contributed by atoms with Crippen molar-refractivity contribution in [3.05, 3.63) is 108 Å². The molecule has 1 aromatic heterocycles. The highest BCUT2D eigenvalue weighted by Crippen LogP contribution is 2.17. The maximum absolute atomic E-state index is 12.1. The van der Waals surface area contributed by atoms with Crippen LogP contribution in [0, 0.1) is 0 Å². The van der Waals surface area contributed by atoms with Gasteiger partial charge in [-0.1, -0.05) is 91.0 Å². The minimum atomic E-state index is -1.16. The second-order valence-electron chi connectivity index (χ2n) is 9.48. The molecule has 0 aliphatic rings. The van der Waals surface area contributed by atoms with E-state index >= 15 is 0 Å². The Bertz CT molecular complexity index is 1300. The predicted octanol–water partition coefficient (Wildman–Crippen LogP) is 3.20. The first-order valence-corrected chi connectivity index (χ1v) is 13.1. The van der Waals surface area contributed by atoms with E-state index in [1.807, 2.05) is 18.2 Å². The molecule has 3 atom stereocenters. The Kier molecular flexibility index (Phi) is 9.97. The van der Waals surface area contributed by atoms with E-state index in [-0.39, 0.29) is 37.1 Å². The van der Waals surface area contributed by atoms with Crippen LogP contribution in [-0.2, 0) is 33.6 Å². The van der Waals surface area contributed by atoms with Crippen molar-refractivity contribution in [3.8, 4) is 0 Å². The average molecular weight is 571 g/mol. The first-order chi connectivity index (χ1) is 20.3. The second-order valence-corrected chi connectivity index (χ2v) is 9.48. The van der Waals surface area contributed by atoms with Gasteiger partial charge in [-0.2, -0.15) is 15.0 Å². The minimum absolute atomic E-state index is 0.102. The van der Waals surface area contributed by atoms with Crippen LogP contribution in [0.25, 0.3) is 0 Å². The third kappa shape index (κ3) is 8.74. The van der Waals surface area contributed by atoms with Gasteiger partial charge in [0.25, 0.3) is 0 Å². The Morgan fingerprint density at radius 2 is 0.714 bits per heavy atom. The molecule has 0 radical (unpaired) electrons. The number of anilines is 3. The normalized spacial score (nSPS) is 12.9. The third-order valence-corrected chi connectivity index (χ3v) is 6.29. The standard InChI is InChI=1S/C30H30N6O6/c37-25(38)22(16-19-10-4-1-5-11-19)31-28-34-29(32-23(26(39)40)17-20-12-6-2-7-13-20)36-30(35-28)33-24(27(41)42)18-21-14-8-3-9-15-21/h1-15,22-24H,16-18H2,(H,37,38)(H,39,40)(H,41,42)(H3,31,32,33,34,35,36). The van der Waals surface area contributed by atoms with Crippen LogP contribution in [0.4, 0.5) is 17.8 Å². The van der Waals surface area contributed by atoms with Crippen LogP contribution in [0.1, 0.15) is 16.7 Å². The number of hydrogen-bond donors (Lipinski definition) is 6. The van der Waals surface area contributed by atoms with Crippen molar-refractivity contribution < 1.29 is 29.7 Å². The van der Waals surface area contributed by atoms with Crippen molar-refractivity contribution >= 4 is 35.8 Å². The molecule has 0 spiro atoms. The lowest BCUT2D eigenvalue weighted by Crippen LogP contribution is -2.35. The van der Waals surface area contributed by atoms with Crippen molar-refractivity contribution in [1.29, 1.82) is 0 Å². The van der Waals surface area contributed by atoms with E-state index in [9.17, 15) is 29.7 Å². The summed E-state index contributed by atoms with van der Waals surface area (Å²) in [6.07, 6.45) is 0.306. The lowest BCUT2D eigenvalue weighted by atomic mass is 10.1. The Hall–Kier alpha value is -5.52. The lowest BCUT2D eigenvalue weighted by Gasteiger charge is -2.19. The number of carboxylic acids is 3. The van der Waals surface area contributed by atoms with Crippen molar-refractivity contribution in [2.75, 3.05) is 16.0 Å². The maximum atomic E-state index is 12.1. The quantitative estimate of drug-likeness (QED) is 0.123. The molecule has 0 aliphatic carbocycles. The van der Waals surface area contributed by atoms with E-state index in [0.29, 0.717) is 0 Å². The molecule has 0 aliphatic heterocycles. The number of hydrogen-bond acceptors (Lipinski definition) is 9. The zero-order valence-electron chi connectivity index (χ0n) is 22.4. The van der Waals surface area contributed by atoms with Gasteiger partial charge in [-0.3, -0.25) is 0 Å². The fraction of sp³-hybridized carbons (Fsp3) is 0.200. The van der Waals surface area contributed by atoms with Gasteiger partial charge in [0.2, 0.25) is 17.8 Å². The summed E-state index contributed by atoms with van der Waals surface area (Å²) in [6, 6.07) is 23.5. The highest BCUT2D eigenvalue weighted by Gasteiger charge is 2.25. The molecular weight excluding hydrogens is 540 g/mol. The highest BCUT2D eigenvalue weighted by atomic mass is 16.4. The summed E-state index contributed by atoms with van der Waals surface area (Å²) in [6.45, 7) is 0. The van der Waals surface area contributed by atoms with Crippen LogP contribution in [-0.4, -0.2) is 66.3 Å². The summed E-state index contributed by atoms with van der Waals surface area (Å²) in [4.78, 5) is 49.0. The van der Waals surface area contributed by atoms with Gasteiger partial charge in [0.15, 0.2) is 0 Å². The topological polar surface area (TPSA) is 187 Å². The molecule has 3 unspecified atom stereocenters. The minimum Gasteiger partial charge on any atom is -0.480 e. The van der Waals surface area contributed by atoms with Crippen molar-refractivity contribution in [3.63, 3.8) is 0 Å². The number of carboxylic acid groups (broad SMARTS) is 3. The molecule has 0 saturated carbocycles. The summed E-state index contributed by atoms with van der Waals surface area (Å²) in [5, 5.41) is 38.0. The molecular formula is C30H30N6O6. The van der Waals surface area contributed by atoms with Crippen molar-refractivity contribution in [1.82, 2.24) is 15.0 Å². The molecule has 0 amide bonds. The van der Waals surface area contributed by atoms with E-state index in [1.165, 1.54) is 0 Å². The van der Waals surface area contributed by atoms with Crippen LogP contribution in [0.2, 0.25) is 0 Å². The lowest BCUT2D eigenvalue weighted by molar-refractivity contribution is -0.138. The summed E-state index contributed by atoms with van der Waals surface area (Å²) in [5.74, 6) is -4.02. The van der Waals surface area contributed by atoms with E-state index in [4.69, 9.17) is 0 Å². The predicted molar refractivity (Wildman–Crippen MR) is 155 cm³/mol. The molecule has 12 nitrogen and oxygen atoms in total. The van der Waals surface area contributed by atoms with Gasteiger partial charge in [-0.15, -0.1) is 0 Å². The largest absolute Gasteiger partial charge is 0.480 e. The first-order valence-electron chi connectivity index (χ1n) is 13.1. The smallest absolute Gasteiger partial charge is 0.326 e. The molecule has 4 rings (SSSR count). The Balaban J connectivity index is 1.64. The Morgan fingerprint density at radius 1 is 0.476 bits per heavy atom. The molecule has 12 heteroatoms. The van der Waals surface area contributed by atoms with Gasteiger partial charge in [0.1, 0.15) is 18.1 Å². The summed E-state index contributed by atoms with van der Waals surface area (Å²) < 4.78 is 0. The van der Waals surface area contributed by atoms with Crippen LogP contribution in [0.5, 0.6) is 0 Å². The highest BCUT2D eigenvalue weighted by molar-refractivity contribution is 5.79. The van der Waals surface area contributed by atoms with Crippen LogP contribution < -0.4 is 16.0 Å².